The van der Waals surface area contributed by atoms with Crippen molar-refractivity contribution in [1.29, 1.82) is 0 Å². The zero-order chi connectivity index (χ0) is 8.69. The van der Waals surface area contributed by atoms with Gasteiger partial charge in [0, 0.05) is 22.5 Å². The van der Waals surface area contributed by atoms with Crippen LogP contribution in [-0.4, -0.2) is 22.5 Å². The molecule has 68 valence electrons. The largest absolute Gasteiger partial charge is 0.127 e. The minimum Gasteiger partial charge on any atom is -0.127 e. The zero-order valence-electron chi connectivity index (χ0n) is 6.20. The predicted molar refractivity (Wildman–Crippen MR) is 54.6 cm³/mol. The average molecular weight is 238 g/mol. The van der Waals surface area contributed by atoms with Crippen molar-refractivity contribution < 1.29 is 0 Å². The summed E-state index contributed by atoms with van der Waals surface area (Å²) in [4.78, 5) is 0. The van der Waals surface area contributed by atoms with Crippen molar-refractivity contribution in [3.8, 4) is 0 Å². The first kappa shape index (κ1) is 12.2. The molecule has 0 saturated heterocycles. The van der Waals surface area contributed by atoms with Gasteiger partial charge in [-0.05, 0) is 19.3 Å². The molecule has 2 unspecified atom stereocenters. The highest BCUT2D eigenvalue weighted by Gasteiger charge is 2.10. The van der Waals surface area contributed by atoms with Crippen molar-refractivity contribution in [3.05, 3.63) is 0 Å². The lowest BCUT2D eigenvalue weighted by Gasteiger charge is -2.11. The first-order valence-corrected chi connectivity index (χ1v) is 5.55. The van der Waals surface area contributed by atoms with Crippen LogP contribution in [0.1, 0.15) is 19.3 Å². The number of hydrogen-bond donors (Lipinski definition) is 0. The number of halogens is 4. The summed E-state index contributed by atoms with van der Waals surface area (Å²) in [5.41, 5.74) is 0. The molecule has 11 heavy (non-hydrogen) atoms. The standard InChI is InChI=1S/C7H12Cl4/c8-3-1-6(10)5-7(11)2-4-9/h6-7H,1-5H2. The minimum atomic E-state index is 0.0956. The Labute approximate surface area is 88.1 Å². The fourth-order valence-corrected chi connectivity index (χ4v) is 2.24. The summed E-state index contributed by atoms with van der Waals surface area (Å²) in [6.07, 6.45) is 2.42. The highest BCUT2D eigenvalue weighted by atomic mass is 35.5. The molecule has 4 heteroatoms. The van der Waals surface area contributed by atoms with Crippen LogP contribution in [0.3, 0.4) is 0 Å². The van der Waals surface area contributed by atoms with Crippen LogP contribution in [0.25, 0.3) is 0 Å². The average Bonchev–Trinajstić information content (AvgIpc) is 1.87. The molecule has 0 aliphatic heterocycles. The van der Waals surface area contributed by atoms with Crippen LogP contribution in [0.5, 0.6) is 0 Å². The summed E-state index contributed by atoms with van der Waals surface area (Å²) in [6, 6.07) is 0. The van der Waals surface area contributed by atoms with Gasteiger partial charge in [0.1, 0.15) is 0 Å². The third-order valence-corrected chi connectivity index (χ3v) is 2.59. The SMILES string of the molecule is ClCCC(Cl)CC(Cl)CCCl. The molecule has 0 aliphatic carbocycles. The van der Waals surface area contributed by atoms with E-state index in [0.717, 1.165) is 19.3 Å². The van der Waals surface area contributed by atoms with E-state index >= 15 is 0 Å². The highest BCUT2D eigenvalue weighted by Crippen LogP contribution is 2.17. The summed E-state index contributed by atoms with van der Waals surface area (Å²) in [5, 5.41) is 0.191. The predicted octanol–water partition coefficient (Wildman–Crippen LogP) is 3.85. The van der Waals surface area contributed by atoms with Gasteiger partial charge in [0.05, 0.1) is 0 Å². The second-order valence-corrected chi connectivity index (χ2v) is 4.38. The third-order valence-electron chi connectivity index (χ3n) is 1.36. The van der Waals surface area contributed by atoms with Crippen molar-refractivity contribution >= 4 is 46.4 Å². The Morgan fingerprint density at radius 1 is 0.818 bits per heavy atom. The fourth-order valence-electron chi connectivity index (χ4n) is 0.750. The maximum absolute atomic E-state index is 5.90. The molecule has 0 aromatic carbocycles. The molecule has 0 heterocycles. The Kier molecular flexibility index (Phi) is 8.61. The molecule has 0 saturated carbocycles. The zero-order valence-corrected chi connectivity index (χ0v) is 9.23. The smallest absolute Gasteiger partial charge is 0.0361 e. The Balaban J connectivity index is 3.32. The summed E-state index contributed by atoms with van der Waals surface area (Å²) in [7, 11) is 0. The van der Waals surface area contributed by atoms with Crippen molar-refractivity contribution in [2.75, 3.05) is 11.8 Å². The minimum absolute atomic E-state index is 0.0956. The Bertz CT molecular complexity index is 76.5. The number of hydrogen-bond acceptors (Lipinski definition) is 0. The Morgan fingerprint density at radius 2 is 1.18 bits per heavy atom. The first-order chi connectivity index (χ1) is 5.20. The van der Waals surface area contributed by atoms with Gasteiger partial charge in [-0.25, -0.2) is 0 Å². The fraction of sp³-hybridized carbons (Fsp3) is 1.00. The number of alkyl halides is 4. The van der Waals surface area contributed by atoms with E-state index in [9.17, 15) is 0 Å². The van der Waals surface area contributed by atoms with E-state index in [1.807, 2.05) is 0 Å². The number of rotatable bonds is 6. The van der Waals surface area contributed by atoms with Gasteiger partial charge >= 0.3 is 0 Å². The molecule has 0 bridgehead atoms. The molecular formula is C7H12Cl4. The second kappa shape index (κ2) is 7.79. The third kappa shape index (κ3) is 7.52. The maximum atomic E-state index is 5.90. The summed E-state index contributed by atoms with van der Waals surface area (Å²) < 4.78 is 0. The van der Waals surface area contributed by atoms with Crippen LogP contribution in [0, 0.1) is 0 Å². The van der Waals surface area contributed by atoms with E-state index in [2.05, 4.69) is 0 Å². The van der Waals surface area contributed by atoms with E-state index in [0.29, 0.717) is 11.8 Å². The lowest BCUT2D eigenvalue weighted by atomic mass is 10.1. The van der Waals surface area contributed by atoms with Crippen LogP contribution < -0.4 is 0 Å². The topological polar surface area (TPSA) is 0 Å². The van der Waals surface area contributed by atoms with Gasteiger partial charge in [-0.3, -0.25) is 0 Å². The van der Waals surface area contributed by atoms with Crippen molar-refractivity contribution in [2.24, 2.45) is 0 Å². The molecule has 0 N–H and O–H groups in total. The molecular weight excluding hydrogens is 226 g/mol. The van der Waals surface area contributed by atoms with E-state index in [4.69, 9.17) is 46.4 Å². The van der Waals surface area contributed by atoms with Gasteiger partial charge in [0.2, 0.25) is 0 Å². The van der Waals surface area contributed by atoms with Gasteiger partial charge in [-0.2, -0.15) is 0 Å². The van der Waals surface area contributed by atoms with Crippen LogP contribution in [0.2, 0.25) is 0 Å². The summed E-state index contributed by atoms with van der Waals surface area (Å²) in [5.74, 6) is 1.19. The normalized spacial score (nSPS) is 16.4. The molecule has 0 aromatic rings. The summed E-state index contributed by atoms with van der Waals surface area (Å²) >= 11 is 22.8. The van der Waals surface area contributed by atoms with E-state index in [-0.39, 0.29) is 10.8 Å². The van der Waals surface area contributed by atoms with Crippen LogP contribution >= 0.6 is 46.4 Å². The highest BCUT2D eigenvalue weighted by molar-refractivity contribution is 6.24. The van der Waals surface area contributed by atoms with Crippen LogP contribution in [-0.2, 0) is 0 Å². The van der Waals surface area contributed by atoms with E-state index in [1.165, 1.54) is 0 Å². The van der Waals surface area contributed by atoms with Crippen LogP contribution in [0.15, 0.2) is 0 Å². The molecule has 0 rings (SSSR count). The Morgan fingerprint density at radius 3 is 1.45 bits per heavy atom. The lowest BCUT2D eigenvalue weighted by Crippen LogP contribution is -2.09. The monoisotopic (exact) mass is 236 g/mol. The molecule has 0 nitrogen and oxygen atoms in total. The molecule has 0 amide bonds. The van der Waals surface area contributed by atoms with Crippen LogP contribution in [0.4, 0.5) is 0 Å². The second-order valence-electron chi connectivity index (χ2n) is 2.39. The lowest BCUT2D eigenvalue weighted by molar-refractivity contribution is 0.675. The van der Waals surface area contributed by atoms with Gasteiger partial charge in [-0.1, -0.05) is 0 Å². The quantitative estimate of drug-likeness (QED) is 0.616. The van der Waals surface area contributed by atoms with Gasteiger partial charge < -0.3 is 0 Å². The molecule has 0 aliphatic rings. The maximum Gasteiger partial charge on any atom is 0.0361 e. The molecule has 0 spiro atoms. The first-order valence-electron chi connectivity index (χ1n) is 3.60. The molecule has 0 aromatic heterocycles. The van der Waals surface area contributed by atoms with Gasteiger partial charge in [0.15, 0.2) is 0 Å². The summed E-state index contributed by atoms with van der Waals surface area (Å²) in [6.45, 7) is 0. The Hall–Kier alpha value is 1.16. The van der Waals surface area contributed by atoms with E-state index < -0.39 is 0 Å². The van der Waals surface area contributed by atoms with E-state index in [1.54, 1.807) is 0 Å². The van der Waals surface area contributed by atoms with Crippen molar-refractivity contribution in [2.45, 2.75) is 30.0 Å². The molecule has 2 atom stereocenters. The van der Waals surface area contributed by atoms with Crippen molar-refractivity contribution in [1.82, 2.24) is 0 Å². The van der Waals surface area contributed by atoms with Gasteiger partial charge in [-0.15, -0.1) is 46.4 Å². The van der Waals surface area contributed by atoms with Crippen molar-refractivity contribution in [3.63, 3.8) is 0 Å². The molecule has 0 radical (unpaired) electrons. The van der Waals surface area contributed by atoms with Gasteiger partial charge in [0.25, 0.3) is 0 Å². The molecule has 0 fully saturated rings.